The van der Waals surface area contributed by atoms with Gasteiger partial charge in [0.2, 0.25) is 11.8 Å². The van der Waals surface area contributed by atoms with Crippen LogP contribution < -0.4 is 10.1 Å². The molecule has 0 aromatic heterocycles. The fourth-order valence-electron chi connectivity index (χ4n) is 2.53. The summed E-state index contributed by atoms with van der Waals surface area (Å²) >= 11 is 5.94. The number of carbonyl (C=O) groups is 2. The molecule has 0 aliphatic heterocycles. The highest BCUT2D eigenvalue weighted by atomic mass is 35.5. The molecular formula is C17H21ClN2O3. The molecule has 2 rings (SSSR count). The number of allylic oxidation sites excluding steroid dienone is 1. The van der Waals surface area contributed by atoms with Crippen molar-refractivity contribution in [3.63, 3.8) is 0 Å². The summed E-state index contributed by atoms with van der Waals surface area (Å²) in [6.07, 6.45) is 5.83. The molecular weight excluding hydrogens is 316 g/mol. The molecule has 1 aromatic carbocycles. The number of anilines is 1. The number of nitrogens with one attached hydrogen (secondary N) is 1. The third-order valence-corrected chi connectivity index (χ3v) is 3.96. The third-order valence-electron chi connectivity index (χ3n) is 3.73. The Hall–Kier alpha value is -2.01. The fourth-order valence-corrected chi connectivity index (χ4v) is 2.70. The largest absolute Gasteiger partial charge is 0.495 e. The summed E-state index contributed by atoms with van der Waals surface area (Å²) in [5.41, 5.74) is 1.29. The van der Waals surface area contributed by atoms with Crippen LogP contribution in [0.4, 0.5) is 5.69 Å². The van der Waals surface area contributed by atoms with E-state index in [-0.39, 0.29) is 18.4 Å². The van der Waals surface area contributed by atoms with Gasteiger partial charge in [-0.2, -0.15) is 0 Å². The van der Waals surface area contributed by atoms with E-state index in [1.165, 1.54) is 12.0 Å². The van der Waals surface area contributed by atoms with Gasteiger partial charge in [-0.1, -0.05) is 17.7 Å². The predicted octanol–water partition coefficient (Wildman–Crippen LogP) is 3.25. The first kappa shape index (κ1) is 17.3. The highest BCUT2D eigenvalue weighted by Crippen LogP contribution is 2.27. The number of rotatable bonds is 5. The molecule has 0 unspecified atom stereocenters. The summed E-state index contributed by atoms with van der Waals surface area (Å²) in [4.78, 5) is 25.9. The number of nitrogens with zero attached hydrogens (tertiary/aromatic N) is 1. The smallest absolute Gasteiger partial charge is 0.249 e. The van der Waals surface area contributed by atoms with Crippen LogP contribution >= 0.6 is 11.6 Å². The van der Waals surface area contributed by atoms with Crippen LogP contribution in [-0.4, -0.2) is 37.4 Å². The number of likely N-dealkylation sites (N-methyl/N-ethyl adjacent to an activating group) is 1. The summed E-state index contributed by atoms with van der Waals surface area (Å²) in [6, 6.07) is 4.98. The number of ether oxygens (including phenoxy) is 1. The minimum Gasteiger partial charge on any atom is -0.495 e. The Kier molecular flexibility index (Phi) is 6.04. The van der Waals surface area contributed by atoms with Crippen molar-refractivity contribution < 1.29 is 14.3 Å². The third kappa shape index (κ3) is 4.73. The molecule has 6 heteroatoms. The first-order valence-corrected chi connectivity index (χ1v) is 7.97. The number of hydrogen-bond donors (Lipinski definition) is 1. The molecule has 5 nitrogen and oxygen atoms in total. The molecule has 124 valence electrons. The van der Waals surface area contributed by atoms with Gasteiger partial charge in [0, 0.05) is 17.6 Å². The second kappa shape index (κ2) is 8.02. The Bertz CT molecular complexity index is 628. The molecule has 1 N–H and O–H groups in total. The normalized spacial score (nSPS) is 14.0. The van der Waals surface area contributed by atoms with Gasteiger partial charge >= 0.3 is 0 Å². The van der Waals surface area contributed by atoms with Gasteiger partial charge in [0.05, 0.1) is 19.3 Å². The van der Waals surface area contributed by atoms with E-state index < -0.39 is 0 Å². The van der Waals surface area contributed by atoms with Crippen molar-refractivity contribution in [2.75, 3.05) is 26.0 Å². The van der Waals surface area contributed by atoms with E-state index in [1.807, 2.05) is 6.08 Å². The van der Waals surface area contributed by atoms with Crippen LogP contribution in [0.5, 0.6) is 5.75 Å². The van der Waals surface area contributed by atoms with Gasteiger partial charge in [-0.15, -0.1) is 0 Å². The lowest BCUT2D eigenvalue weighted by Crippen LogP contribution is -2.36. The number of methoxy groups -OCH3 is 1. The van der Waals surface area contributed by atoms with Crippen molar-refractivity contribution in [1.82, 2.24) is 4.90 Å². The molecule has 23 heavy (non-hydrogen) atoms. The van der Waals surface area contributed by atoms with E-state index in [1.54, 1.807) is 25.2 Å². The van der Waals surface area contributed by atoms with Gasteiger partial charge in [-0.25, -0.2) is 0 Å². The van der Waals surface area contributed by atoms with E-state index in [0.717, 1.165) is 31.3 Å². The average Bonchev–Trinajstić information content (AvgIpc) is 2.55. The average molecular weight is 337 g/mol. The highest BCUT2D eigenvalue weighted by Gasteiger charge is 2.19. The summed E-state index contributed by atoms with van der Waals surface area (Å²) in [7, 11) is 3.15. The molecule has 0 saturated heterocycles. The Labute approximate surface area is 141 Å². The molecule has 0 heterocycles. The molecule has 0 saturated carbocycles. The van der Waals surface area contributed by atoms with Crippen molar-refractivity contribution >= 4 is 29.1 Å². The molecule has 0 atom stereocenters. The van der Waals surface area contributed by atoms with E-state index in [2.05, 4.69) is 5.32 Å². The maximum Gasteiger partial charge on any atom is 0.249 e. The quantitative estimate of drug-likeness (QED) is 0.898. The van der Waals surface area contributed by atoms with Crippen molar-refractivity contribution in [3.8, 4) is 5.75 Å². The lowest BCUT2D eigenvalue weighted by Gasteiger charge is -2.20. The van der Waals surface area contributed by atoms with E-state index in [9.17, 15) is 9.59 Å². The van der Waals surface area contributed by atoms with Gasteiger partial charge in [-0.05, 0) is 43.9 Å². The second-order valence-electron chi connectivity index (χ2n) is 5.53. The zero-order valence-electron chi connectivity index (χ0n) is 13.4. The molecule has 0 spiro atoms. The zero-order valence-corrected chi connectivity index (χ0v) is 14.2. The van der Waals surface area contributed by atoms with Gasteiger partial charge in [-0.3, -0.25) is 9.59 Å². The Morgan fingerprint density at radius 2 is 2.13 bits per heavy atom. The minimum atomic E-state index is -0.294. The molecule has 1 aliphatic rings. The summed E-state index contributed by atoms with van der Waals surface area (Å²) in [6.45, 7) is -0.0220. The lowest BCUT2D eigenvalue weighted by molar-refractivity contribution is -0.130. The van der Waals surface area contributed by atoms with E-state index in [4.69, 9.17) is 16.3 Å². The fraction of sp³-hybridized carbons (Fsp3) is 0.412. The predicted molar refractivity (Wildman–Crippen MR) is 90.8 cm³/mol. The van der Waals surface area contributed by atoms with Gasteiger partial charge in [0.1, 0.15) is 5.75 Å². The number of hydrogen-bond acceptors (Lipinski definition) is 3. The number of amides is 2. The summed E-state index contributed by atoms with van der Waals surface area (Å²) < 4.78 is 5.19. The van der Waals surface area contributed by atoms with Crippen LogP contribution in [0, 0.1) is 0 Å². The molecule has 0 bridgehead atoms. The first-order valence-electron chi connectivity index (χ1n) is 7.59. The minimum absolute atomic E-state index is 0.0220. The van der Waals surface area contributed by atoms with E-state index in [0.29, 0.717) is 16.5 Å². The molecule has 0 fully saturated rings. The number of benzene rings is 1. The van der Waals surface area contributed by atoms with Crippen LogP contribution in [0.25, 0.3) is 0 Å². The maximum absolute atomic E-state index is 12.3. The van der Waals surface area contributed by atoms with Crippen molar-refractivity contribution in [2.45, 2.75) is 25.7 Å². The van der Waals surface area contributed by atoms with Gasteiger partial charge in [0.25, 0.3) is 0 Å². The Morgan fingerprint density at radius 3 is 2.78 bits per heavy atom. The zero-order chi connectivity index (χ0) is 16.8. The van der Waals surface area contributed by atoms with Gasteiger partial charge in [0.15, 0.2) is 0 Å². The number of halogens is 1. The van der Waals surface area contributed by atoms with Crippen LogP contribution in [0.1, 0.15) is 25.7 Å². The van der Waals surface area contributed by atoms with Crippen LogP contribution in [0.2, 0.25) is 5.02 Å². The van der Waals surface area contributed by atoms with E-state index >= 15 is 0 Å². The van der Waals surface area contributed by atoms with Crippen molar-refractivity contribution in [1.29, 1.82) is 0 Å². The number of carbonyl (C=O) groups excluding carboxylic acids is 2. The van der Waals surface area contributed by atoms with Crippen LogP contribution in [-0.2, 0) is 9.59 Å². The van der Waals surface area contributed by atoms with Crippen LogP contribution in [0.3, 0.4) is 0 Å². The first-order chi connectivity index (χ1) is 11.0. The van der Waals surface area contributed by atoms with Crippen LogP contribution in [0.15, 0.2) is 29.8 Å². The topological polar surface area (TPSA) is 58.6 Å². The standard InChI is InChI=1S/C17H21ClN2O3/c1-20(17(22)12-6-4-3-5-7-12)11-16(21)19-14-10-13(18)8-9-15(14)23-2/h6,8-10H,3-5,7,11H2,1-2H3,(H,19,21). The van der Waals surface area contributed by atoms with Crippen molar-refractivity contribution in [3.05, 3.63) is 34.9 Å². The molecule has 1 aromatic rings. The monoisotopic (exact) mass is 336 g/mol. The highest BCUT2D eigenvalue weighted by molar-refractivity contribution is 6.31. The Morgan fingerprint density at radius 1 is 1.35 bits per heavy atom. The summed E-state index contributed by atoms with van der Waals surface area (Å²) in [5.74, 6) is 0.141. The molecule has 2 amide bonds. The van der Waals surface area contributed by atoms with Crippen molar-refractivity contribution in [2.24, 2.45) is 0 Å². The maximum atomic E-state index is 12.3. The second-order valence-corrected chi connectivity index (χ2v) is 5.97. The SMILES string of the molecule is COc1ccc(Cl)cc1NC(=O)CN(C)C(=O)C1=CCCCC1. The Balaban J connectivity index is 1.97. The molecule has 1 aliphatic carbocycles. The van der Waals surface area contributed by atoms with Gasteiger partial charge < -0.3 is 15.0 Å². The lowest BCUT2D eigenvalue weighted by atomic mass is 9.99. The molecule has 0 radical (unpaired) electrons. The summed E-state index contributed by atoms with van der Waals surface area (Å²) in [5, 5.41) is 3.23.